The SMILES string of the molecule is C=C=NC12CCC(N=C=O)(CC1)CC2. The van der Waals surface area contributed by atoms with Gasteiger partial charge in [0.2, 0.25) is 6.08 Å². The fourth-order valence-corrected chi connectivity index (χ4v) is 2.75. The lowest BCUT2D eigenvalue weighted by atomic mass is 9.62. The van der Waals surface area contributed by atoms with Gasteiger partial charge in [-0.2, -0.15) is 4.99 Å². The van der Waals surface area contributed by atoms with Crippen molar-refractivity contribution < 1.29 is 4.79 Å². The van der Waals surface area contributed by atoms with Crippen LogP contribution in [0.15, 0.2) is 16.6 Å². The summed E-state index contributed by atoms with van der Waals surface area (Å²) in [7, 11) is 0. The summed E-state index contributed by atoms with van der Waals surface area (Å²) >= 11 is 0. The van der Waals surface area contributed by atoms with E-state index in [1.165, 1.54) is 0 Å². The van der Waals surface area contributed by atoms with Crippen molar-refractivity contribution in [3.05, 3.63) is 6.58 Å². The van der Waals surface area contributed by atoms with Crippen LogP contribution in [0.25, 0.3) is 0 Å². The van der Waals surface area contributed by atoms with Crippen molar-refractivity contribution in [2.24, 2.45) is 9.98 Å². The Balaban J connectivity index is 2.20. The van der Waals surface area contributed by atoms with Gasteiger partial charge in [-0.3, -0.25) is 0 Å². The predicted octanol–water partition coefficient (Wildman–Crippen LogP) is 2.02. The monoisotopic (exact) mass is 190 g/mol. The van der Waals surface area contributed by atoms with Crippen LogP contribution in [0.2, 0.25) is 0 Å². The molecule has 14 heavy (non-hydrogen) atoms. The highest BCUT2D eigenvalue weighted by atomic mass is 16.1. The lowest BCUT2D eigenvalue weighted by Gasteiger charge is -2.48. The molecule has 0 radical (unpaired) electrons. The molecule has 74 valence electrons. The van der Waals surface area contributed by atoms with Crippen molar-refractivity contribution in [2.75, 3.05) is 0 Å². The first-order valence-electron chi connectivity index (χ1n) is 5.07. The largest absolute Gasteiger partial charge is 0.237 e. The number of hydrogen-bond donors (Lipinski definition) is 0. The molecule has 0 spiro atoms. The third kappa shape index (κ3) is 1.35. The zero-order valence-electron chi connectivity index (χ0n) is 8.25. The Labute approximate surface area is 83.6 Å². The maximum atomic E-state index is 10.3. The second-order valence-corrected chi connectivity index (χ2v) is 4.42. The van der Waals surface area contributed by atoms with E-state index in [0.717, 1.165) is 38.5 Å². The highest BCUT2D eigenvalue weighted by Gasteiger charge is 2.48. The van der Waals surface area contributed by atoms with Gasteiger partial charge in [0.25, 0.3) is 0 Å². The second-order valence-electron chi connectivity index (χ2n) is 4.42. The molecule has 3 fully saturated rings. The summed E-state index contributed by atoms with van der Waals surface area (Å²) in [5, 5.41) is 0. The molecule has 0 aliphatic heterocycles. The van der Waals surface area contributed by atoms with Gasteiger partial charge in [0, 0.05) is 0 Å². The van der Waals surface area contributed by atoms with E-state index in [1.807, 2.05) is 0 Å². The van der Waals surface area contributed by atoms with Crippen LogP contribution in [0.5, 0.6) is 0 Å². The molecule has 3 rings (SSSR count). The van der Waals surface area contributed by atoms with E-state index in [4.69, 9.17) is 0 Å². The molecule has 0 aromatic rings. The molecule has 0 N–H and O–H groups in total. The van der Waals surface area contributed by atoms with E-state index >= 15 is 0 Å². The van der Waals surface area contributed by atoms with Crippen molar-refractivity contribution in [1.82, 2.24) is 0 Å². The Morgan fingerprint density at radius 1 is 0.929 bits per heavy atom. The summed E-state index contributed by atoms with van der Waals surface area (Å²) in [6.45, 7) is 3.54. The average molecular weight is 190 g/mol. The van der Waals surface area contributed by atoms with Crippen LogP contribution in [-0.2, 0) is 4.79 Å². The third-order valence-corrected chi connectivity index (χ3v) is 3.77. The van der Waals surface area contributed by atoms with Gasteiger partial charge in [0.15, 0.2) is 0 Å². The van der Waals surface area contributed by atoms with Crippen molar-refractivity contribution in [3.8, 4) is 0 Å². The molecule has 0 aromatic carbocycles. The molecular formula is C11H14N2O. The fourth-order valence-electron chi connectivity index (χ4n) is 2.75. The summed E-state index contributed by atoms with van der Waals surface area (Å²) in [4.78, 5) is 18.7. The minimum atomic E-state index is -0.0970. The first-order chi connectivity index (χ1) is 6.74. The second kappa shape index (κ2) is 3.20. The van der Waals surface area contributed by atoms with Gasteiger partial charge >= 0.3 is 0 Å². The number of fused-ring (bicyclic) bond motifs is 3. The van der Waals surface area contributed by atoms with Crippen molar-refractivity contribution in [2.45, 2.75) is 49.6 Å². The minimum Gasteiger partial charge on any atom is -0.237 e. The molecule has 0 heterocycles. The highest BCUT2D eigenvalue weighted by molar-refractivity contribution is 5.48. The van der Waals surface area contributed by atoms with Crippen LogP contribution >= 0.6 is 0 Å². The average Bonchev–Trinajstić information content (AvgIpc) is 2.22. The smallest absolute Gasteiger partial charge is 0.235 e. The van der Waals surface area contributed by atoms with Gasteiger partial charge < -0.3 is 0 Å². The van der Waals surface area contributed by atoms with E-state index < -0.39 is 0 Å². The van der Waals surface area contributed by atoms with E-state index in [2.05, 4.69) is 22.4 Å². The Morgan fingerprint density at radius 3 is 1.71 bits per heavy atom. The first kappa shape index (κ1) is 9.39. The number of nitrogens with zero attached hydrogens (tertiary/aromatic N) is 2. The van der Waals surface area contributed by atoms with Crippen LogP contribution in [-0.4, -0.2) is 23.0 Å². The van der Waals surface area contributed by atoms with E-state index in [-0.39, 0.29) is 11.1 Å². The van der Waals surface area contributed by atoms with Crippen LogP contribution in [0.3, 0.4) is 0 Å². The van der Waals surface area contributed by atoms with Crippen LogP contribution in [0.4, 0.5) is 0 Å². The topological polar surface area (TPSA) is 41.8 Å². The Bertz CT molecular complexity index is 277. The van der Waals surface area contributed by atoms with Gasteiger partial charge in [-0.15, -0.1) is 0 Å². The molecule has 0 unspecified atom stereocenters. The van der Waals surface area contributed by atoms with Crippen molar-refractivity contribution >= 4 is 11.9 Å². The Morgan fingerprint density at radius 2 is 1.36 bits per heavy atom. The van der Waals surface area contributed by atoms with Crippen LogP contribution in [0, 0.1) is 0 Å². The fraction of sp³-hybridized carbons (Fsp3) is 0.727. The molecule has 3 aliphatic carbocycles. The minimum absolute atomic E-state index is 0.0713. The van der Waals surface area contributed by atoms with Crippen molar-refractivity contribution in [3.63, 3.8) is 0 Å². The van der Waals surface area contributed by atoms with Crippen LogP contribution < -0.4 is 0 Å². The highest BCUT2D eigenvalue weighted by Crippen LogP contribution is 2.50. The zero-order chi connectivity index (χ0) is 10.1. The molecule has 3 heteroatoms. The van der Waals surface area contributed by atoms with Gasteiger partial charge in [-0.05, 0) is 51.0 Å². The molecule has 3 nitrogen and oxygen atoms in total. The number of isocyanates is 1. The maximum Gasteiger partial charge on any atom is 0.235 e. The summed E-state index contributed by atoms with van der Waals surface area (Å²) in [6.07, 6.45) is 7.66. The number of rotatable bonds is 2. The van der Waals surface area contributed by atoms with E-state index in [9.17, 15) is 4.79 Å². The molecule has 0 atom stereocenters. The lowest BCUT2D eigenvalue weighted by molar-refractivity contribution is 0.116. The Kier molecular flexibility index (Phi) is 2.14. The number of carbonyl (C=O) groups excluding carboxylic acids is 1. The quantitative estimate of drug-likeness (QED) is 0.485. The predicted molar refractivity (Wildman–Crippen MR) is 54.3 cm³/mol. The van der Waals surface area contributed by atoms with Crippen molar-refractivity contribution in [1.29, 1.82) is 0 Å². The van der Waals surface area contributed by atoms with Gasteiger partial charge in [0.1, 0.15) is 0 Å². The molecule has 3 saturated carbocycles. The summed E-state index contributed by atoms with van der Waals surface area (Å²) in [6, 6.07) is 0. The molecular weight excluding hydrogens is 176 g/mol. The van der Waals surface area contributed by atoms with Crippen LogP contribution in [0.1, 0.15) is 38.5 Å². The molecule has 3 aliphatic rings. The Hall–Kier alpha value is -1.17. The summed E-state index contributed by atoms with van der Waals surface area (Å²) < 4.78 is 0. The number of hydrogen-bond acceptors (Lipinski definition) is 3. The maximum absolute atomic E-state index is 10.3. The normalized spacial score (nSPS) is 39.7. The van der Waals surface area contributed by atoms with Gasteiger partial charge in [-0.1, -0.05) is 0 Å². The van der Waals surface area contributed by atoms with Gasteiger partial charge in [-0.25, -0.2) is 9.79 Å². The third-order valence-electron chi connectivity index (χ3n) is 3.77. The lowest BCUT2D eigenvalue weighted by Crippen LogP contribution is -2.47. The summed E-state index contributed by atoms with van der Waals surface area (Å²) in [5.41, 5.74) is -0.0257. The molecule has 2 bridgehead atoms. The summed E-state index contributed by atoms with van der Waals surface area (Å²) in [5.74, 6) is 2.67. The first-order valence-corrected chi connectivity index (χ1v) is 5.07. The molecule has 0 amide bonds. The standard InChI is InChI=1S/C11H14N2O/c1-2-12-10-3-6-11(7-4-10,8-5-10)13-9-14/h1,3-8H2. The van der Waals surface area contributed by atoms with E-state index in [0.29, 0.717) is 0 Å². The zero-order valence-corrected chi connectivity index (χ0v) is 8.25. The molecule has 0 aromatic heterocycles. The molecule has 0 saturated heterocycles. The van der Waals surface area contributed by atoms with Gasteiger partial charge in [0.05, 0.1) is 11.1 Å². The van der Waals surface area contributed by atoms with E-state index in [1.54, 1.807) is 6.08 Å². The number of aliphatic imine (C=N–C) groups is 2.